The maximum Gasteiger partial charge on any atom is 0.303 e. The molecule has 1 atom stereocenters. The van der Waals surface area contributed by atoms with Gasteiger partial charge in [-0.3, -0.25) is 4.79 Å². The summed E-state index contributed by atoms with van der Waals surface area (Å²) in [5.41, 5.74) is -0.369. The highest BCUT2D eigenvalue weighted by atomic mass is 32.2. The molecule has 1 unspecified atom stereocenters. The molecule has 0 radical (unpaired) electrons. The van der Waals surface area contributed by atoms with Crippen LogP contribution in [0.2, 0.25) is 0 Å². The summed E-state index contributed by atoms with van der Waals surface area (Å²) in [6.07, 6.45) is -0.0442. The average Bonchev–Trinajstić information content (AvgIpc) is 2.36. The predicted octanol–water partition coefficient (Wildman–Crippen LogP) is 1.23. The minimum absolute atomic E-state index is 0.126. The maximum atomic E-state index is 13.1. The molecule has 20 heavy (non-hydrogen) atoms. The molecule has 0 aliphatic heterocycles. The van der Waals surface area contributed by atoms with Gasteiger partial charge in [-0.05, 0) is 31.5 Å². The van der Waals surface area contributed by atoms with Crippen molar-refractivity contribution in [1.82, 2.24) is 4.72 Å². The van der Waals surface area contributed by atoms with Crippen LogP contribution in [0.1, 0.15) is 25.3 Å². The van der Waals surface area contributed by atoms with Gasteiger partial charge in [0.05, 0.1) is 10.5 Å². The Morgan fingerprint density at radius 1 is 1.55 bits per heavy atom. The van der Waals surface area contributed by atoms with Crippen LogP contribution in [0.15, 0.2) is 23.1 Å². The van der Waals surface area contributed by atoms with Gasteiger partial charge in [0, 0.05) is 12.5 Å². The van der Waals surface area contributed by atoms with Gasteiger partial charge in [-0.1, -0.05) is 0 Å². The molecule has 1 rings (SSSR count). The van der Waals surface area contributed by atoms with Crippen molar-refractivity contribution in [3.63, 3.8) is 0 Å². The second-order valence-corrected chi connectivity index (χ2v) is 5.92. The molecule has 1 aromatic carbocycles. The van der Waals surface area contributed by atoms with Crippen LogP contribution in [0.3, 0.4) is 0 Å². The Bertz CT molecular complexity index is 652. The van der Waals surface area contributed by atoms with Gasteiger partial charge in [0.1, 0.15) is 11.9 Å². The highest BCUT2D eigenvalue weighted by Gasteiger charge is 2.19. The van der Waals surface area contributed by atoms with E-state index in [9.17, 15) is 17.6 Å². The molecule has 0 aliphatic rings. The molecule has 0 heterocycles. The Hall–Kier alpha value is -1.98. The van der Waals surface area contributed by atoms with E-state index in [0.717, 1.165) is 18.2 Å². The maximum absolute atomic E-state index is 13.1. The van der Waals surface area contributed by atoms with Gasteiger partial charge < -0.3 is 5.11 Å². The lowest BCUT2D eigenvalue weighted by atomic mass is 10.2. The van der Waals surface area contributed by atoms with Crippen LogP contribution in [0.4, 0.5) is 4.39 Å². The topological polar surface area (TPSA) is 107 Å². The molecule has 2 N–H and O–H groups in total. The van der Waals surface area contributed by atoms with Crippen molar-refractivity contribution in [2.24, 2.45) is 0 Å². The Labute approximate surface area is 115 Å². The SMILES string of the molecule is CC(CCC(=O)O)NS(=O)(=O)c1ccc(F)c(C#N)c1. The van der Waals surface area contributed by atoms with Gasteiger partial charge in [0.2, 0.25) is 10.0 Å². The monoisotopic (exact) mass is 300 g/mol. The van der Waals surface area contributed by atoms with Gasteiger partial charge in [0.25, 0.3) is 0 Å². The highest BCUT2D eigenvalue weighted by molar-refractivity contribution is 7.89. The van der Waals surface area contributed by atoms with E-state index >= 15 is 0 Å². The van der Waals surface area contributed by atoms with Crippen molar-refractivity contribution in [1.29, 1.82) is 5.26 Å². The van der Waals surface area contributed by atoms with Crippen molar-refractivity contribution in [3.8, 4) is 6.07 Å². The minimum atomic E-state index is -3.92. The first kappa shape index (κ1) is 16.1. The first-order chi connectivity index (χ1) is 9.26. The molecule has 0 amide bonds. The summed E-state index contributed by atoms with van der Waals surface area (Å²) < 4.78 is 39.4. The summed E-state index contributed by atoms with van der Waals surface area (Å²) in [4.78, 5) is 10.2. The molecule has 0 aliphatic carbocycles. The summed E-state index contributed by atoms with van der Waals surface area (Å²) in [6.45, 7) is 1.52. The fourth-order valence-corrected chi connectivity index (χ4v) is 2.79. The van der Waals surface area contributed by atoms with Crippen molar-refractivity contribution >= 4 is 16.0 Å². The van der Waals surface area contributed by atoms with E-state index in [1.54, 1.807) is 6.07 Å². The summed E-state index contributed by atoms with van der Waals surface area (Å²) >= 11 is 0. The number of nitrogens with zero attached hydrogens (tertiary/aromatic N) is 1. The molecule has 8 heteroatoms. The largest absolute Gasteiger partial charge is 0.481 e. The molecule has 0 spiro atoms. The number of hydrogen-bond donors (Lipinski definition) is 2. The molecule has 0 saturated carbocycles. The number of sulfonamides is 1. The Balaban J connectivity index is 2.89. The number of aliphatic carboxylic acids is 1. The Morgan fingerprint density at radius 2 is 2.20 bits per heavy atom. The second kappa shape index (κ2) is 6.45. The van der Waals surface area contributed by atoms with E-state index < -0.39 is 27.9 Å². The zero-order valence-corrected chi connectivity index (χ0v) is 11.4. The van der Waals surface area contributed by atoms with Crippen LogP contribution in [-0.4, -0.2) is 25.5 Å². The molecule has 0 fully saturated rings. The number of nitriles is 1. The second-order valence-electron chi connectivity index (χ2n) is 4.21. The van der Waals surface area contributed by atoms with Gasteiger partial charge in [0.15, 0.2) is 0 Å². The third-order valence-corrected chi connectivity index (χ3v) is 4.10. The van der Waals surface area contributed by atoms with E-state index in [1.807, 2.05) is 0 Å². The van der Waals surface area contributed by atoms with Gasteiger partial charge in [-0.2, -0.15) is 5.26 Å². The van der Waals surface area contributed by atoms with Crippen molar-refractivity contribution in [3.05, 3.63) is 29.6 Å². The number of nitrogens with one attached hydrogen (secondary N) is 1. The fourth-order valence-electron chi connectivity index (χ4n) is 1.49. The van der Waals surface area contributed by atoms with E-state index in [-0.39, 0.29) is 23.3 Å². The third-order valence-electron chi connectivity index (χ3n) is 2.52. The van der Waals surface area contributed by atoms with E-state index in [4.69, 9.17) is 10.4 Å². The minimum Gasteiger partial charge on any atom is -0.481 e. The zero-order chi connectivity index (χ0) is 15.3. The van der Waals surface area contributed by atoms with Crippen molar-refractivity contribution in [2.45, 2.75) is 30.7 Å². The summed E-state index contributed by atoms with van der Waals surface area (Å²) in [5, 5.41) is 17.2. The molecule has 0 bridgehead atoms. The van der Waals surface area contributed by atoms with Crippen molar-refractivity contribution < 1.29 is 22.7 Å². The number of hydrogen-bond acceptors (Lipinski definition) is 4. The molecule has 6 nitrogen and oxygen atoms in total. The zero-order valence-electron chi connectivity index (χ0n) is 10.6. The molecule has 1 aromatic rings. The number of carbonyl (C=O) groups is 1. The van der Waals surface area contributed by atoms with E-state index in [0.29, 0.717) is 0 Å². The first-order valence-electron chi connectivity index (χ1n) is 5.70. The molecule has 0 aromatic heterocycles. The van der Waals surface area contributed by atoms with E-state index in [2.05, 4.69) is 4.72 Å². The smallest absolute Gasteiger partial charge is 0.303 e. The highest BCUT2D eigenvalue weighted by Crippen LogP contribution is 2.15. The lowest BCUT2D eigenvalue weighted by Crippen LogP contribution is -2.33. The lowest BCUT2D eigenvalue weighted by Gasteiger charge is -2.13. The van der Waals surface area contributed by atoms with Gasteiger partial charge in [-0.15, -0.1) is 0 Å². The predicted molar refractivity (Wildman–Crippen MR) is 67.8 cm³/mol. The summed E-state index contributed by atoms with van der Waals surface area (Å²) in [7, 11) is -3.92. The fraction of sp³-hybridized carbons (Fsp3) is 0.333. The normalized spacial score (nSPS) is 12.7. The van der Waals surface area contributed by atoms with Crippen LogP contribution in [-0.2, 0) is 14.8 Å². The summed E-state index contributed by atoms with van der Waals surface area (Å²) in [5.74, 6) is -1.82. The molecule has 108 valence electrons. The Kier molecular flexibility index (Phi) is 5.19. The van der Waals surface area contributed by atoms with Crippen LogP contribution in [0, 0.1) is 17.1 Å². The lowest BCUT2D eigenvalue weighted by molar-refractivity contribution is -0.137. The number of carboxylic acids is 1. The third kappa shape index (κ3) is 4.29. The molecular formula is C12H13FN2O4S. The van der Waals surface area contributed by atoms with E-state index in [1.165, 1.54) is 6.92 Å². The quantitative estimate of drug-likeness (QED) is 0.821. The molecule has 0 saturated heterocycles. The standard InChI is InChI=1S/C12H13FN2O4S/c1-8(2-5-12(16)17)15-20(18,19)10-3-4-11(13)9(6-10)7-14/h3-4,6,8,15H,2,5H2,1H3,(H,16,17). The number of rotatable bonds is 6. The molecular weight excluding hydrogens is 287 g/mol. The van der Waals surface area contributed by atoms with Gasteiger partial charge in [-0.25, -0.2) is 17.5 Å². The van der Waals surface area contributed by atoms with Crippen LogP contribution in [0.5, 0.6) is 0 Å². The number of benzene rings is 1. The number of carboxylic acid groups (broad SMARTS) is 1. The summed E-state index contributed by atoms with van der Waals surface area (Å²) in [6, 6.07) is 3.84. The Morgan fingerprint density at radius 3 is 2.75 bits per heavy atom. The first-order valence-corrected chi connectivity index (χ1v) is 7.18. The number of halogens is 1. The van der Waals surface area contributed by atoms with Crippen LogP contribution >= 0.6 is 0 Å². The average molecular weight is 300 g/mol. The van der Waals surface area contributed by atoms with Crippen LogP contribution in [0.25, 0.3) is 0 Å². The van der Waals surface area contributed by atoms with Crippen LogP contribution < -0.4 is 4.72 Å². The van der Waals surface area contributed by atoms with Gasteiger partial charge >= 0.3 is 5.97 Å². The van der Waals surface area contributed by atoms with Crippen molar-refractivity contribution in [2.75, 3.05) is 0 Å².